The third kappa shape index (κ3) is 2.37. The van der Waals surface area contributed by atoms with Crippen LogP contribution in [-0.2, 0) is 4.74 Å². The summed E-state index contributed by atoms with van der Waals surface area (Å²) >= 11 is 0.328. The van der Waals surface area contributed by atoms with Crippen LogP contribution in [0.15, 0.2) is 0 Å². The minimum absolute atomic E-state index is 0.328. The molecule has 2 aliphatic rings. The Balaban J connectivity index is 1.80. The molecule has 0 amide bonds. The van der Waals surface area contributed by atoms with Gasteiger partial charge < -0.3 is 0 Å². The molecule has 2 rings (SSSR count). The number of ether oxygens (including phenoxy) is 1. The van der Waals surface area contributed by atoms with Crippen LogP contribution in [0.2, 0.25) is 8.43 Å². The van der Waals surface area contributed by atoms with E-state index in [4.69, 9.17) is 4.74 Å². The summed E-state index contributed by atoms with van der Waals surface area (Å²) in [5.74, 6) is 0. The zero-order chi connectivity index (χ0) is 8.23. The van der Waals surface area contributed by atoms with Gasteiger partial charge in [0.05, 0.1) is 0 Å². The van der Waals surface area contributed by atoms with E-state index in [2.05, 4.69) is 0 Å². The normalized spacial score (nSPS) is 38.0. The molecule has 2 atom stereocenters. The summed E-state index contributed by atoms with van der Waals surface area (Å²) < 4.78 is 8.47. The first-order valence-corrected chi connectivity index (χ1v) is 8.19. The Bertz CT molecular complexity index is 110. The predicted octanol–water partition coefficient (Wildman–Crippen LogP) is 2.65. The Labute approximate surface area is 85.3 Å². The summed E-state index contributed by atoms with van der Waals surface area (Å²) in [6.07, 6.45) is 9.29. The van der Waals surface area contributed by atoms with Gasteiger partial charge in [-0.25, -0.2) is 0 Å². The van der Waals surface area contributed by atoms with E-state index in [1.54, 1.807) is 4.47 Å². The number of hydrogen-bond acceptors (Lipinski definition) is 1. The average Bonchev–Trinajstić information content (AvgIpc) is 2.21. The molecule has 0 bridgehead atoms. The topological polar surface area (TPSA) is 9.23 Å². The van der Waals surface area contributed by atoms with Crippen molar-refractivity contribution < 1.29 is 4.74 Å². The van der Waals surface area contributed by atoms with Crippen LogP contribution in [-0.4, -0.2) is 33.6 Å². The Morgan fingerprint density at radius 1 is 1.00 bits per heavy atom. The third-order valence-corrected chi connectivity index (χ3v) is 7.10. The molecule has 2 saturated heterocycles. The van der Waals surface area contributed by atoms with Gasteiger partial charge in [0.15, 0.2) is 0 Å². The van der Waals surface area contributed by atoms with E-state index in [0.717, 1.165) is 10.6 Å². The molecule has 70 valence electrons. The summed E-state index contributed by atoms with van der Waals surface area (Å²) in [4.78, 5) is 0. The van der Waals surface area contributed by atoms with Crippen molar-refractivity contribution in [3.63, 3.8) is 0 Å². The molecule has 1 nitrogen and oxygen atoms in total. The molecule has 0 saturated carbocycles. The van der Waals surface area contributed by atoms with Gasteiger partial charge in [0, 0.05) is 0 Å². The van der Waals surface area contributed by atoms with Gasteiger partial charge in [-0.1, -0.05) is 0 Å². The van der Waals surface area contributed by atoms with Crippen molar-refractivity contribution in [1.82, 2.24) is 0 Å². The van der Waals surface area contributed by atoms with E-state index >= 15 is 0 Å². The standard InChI is InChI=1S/C10H18OTe/c1-3-7-11-9(5-1)10-6-2-4-8-12-10/h9-10H,1-8H2. The first-order valence-electron chi connectivity index (χ1n) is 5.20. The van der Waals surface area contributed by atoms with Crippen LogP contribution in [0.1, 0.15) is 38.5 Å². The van der Waals surface area contributed by atoms with Crippen LogP contribution in [0.4, 0.5) is 0 Å². The molecule has 2 aliphatic heterocycles. The molecule has 2 heterocycles. The van der Waals surface area contributed by atoms with Crippen LogP contribution >= 0.6 is 0 Å². The molecule has 0 N–H and O–H groups in total. The van der Waals surface area contributed by atoms with Gasteiger partial charge in [-0.2, -0.15) is 0 Å². The van der Waals surface area contributed by atoms with Crippen LogP contribution in [0, 0.1) is 0 Å². The molecule has 2 fully saturated rings. The Hall–Kier alpha value is 0.750. The molecule has 0 aromatic heterocycles. The van der Waals surface area contributed by atoms with Crippen molar-refractivity contribution in [3.05, 3.63) is 0 Å². The van der Waals surface area contributed by atoms with Gasteiger partial charge in [0.1, 0.15) is 0 Å². The van der Waals surface area contributed by atoms with Gasteiger partial charge in [-0.15, -0.1) is 0 Å². The van der Waals surface area contributed by atoms with Gasteiger partial charge >= 0.3 is 85.3 Å². The fraction of sp³-hybridized carbons (Fsp3) is 1.00. The van der Waals surface area contributed by atoms with Crippen LogP contribution in [0.3, 0.4) is 0 Å². The maximum atomic E-state index is 5.85. The van der Waals surface area contributed by atoms with E-state index in [0.29, 0.717) is 27.0 Å². The molecular weight excluding hydrogens is 264 g/mol. The molecule has 0 spiro atoms. The van der Waals surface area contributed by atoms with Crippen LogP contribution in [0.25, 0.3) is 0 Å². The van der Waals surface area contributed by atoms with E-state index in [1.807, 2.05) is 0 Å². The van der Waals surface area contributed by atoms with Crippen LogP contribution in [0.5, 0.6) is 0 Å². The first kappa shape index (κ1) is 9.31. The molecule has 0 aliphatic carbocycles. The van der Waals surface area contributed by atoms with Crippen LogP contribution < -0.4 is 0 Å². The quantitative estimate of drug-likeness (QED) is 0.672. The Morgan fingerprint density at radius 2 is 1.92 bits per heavy atom. The monoisotopic (exact) mass is 284 g/mol. The van der Waals surface area contributed by atoms with Gasteiger partial charge in [0.2, 0.25) is 0 Å². The molecule has 0 aromatic rings. The second-order valence-electron chi connectivity index (χ2n) is 3.81. The minimum atomic E-state index is 0.328. The molecule has 0 aromatic carbocycles. The fourth-order valence-electron chi connectivity index (χ4n) is 2.12. The summed E-state index contributed by atoms with van der Waals surface area (Å²) in [5.41, 5.74) is 0. The predicted molar refractivity (Wildman–Crippen MR) is 51.8 cm³/mol. The zero-order valence-corrected chi connectivity index (χ0v) is 9.96. The average molecular weight is 282 g/mol. The summed E-state index contributed by atoms with van der Waals surface area (Å²) in [5, 5.41) is 0. The molecule has 2 heteroatoms. The van der Waals surface area contributed by atoms with Crippen molar-refractivity contribution in [2.75, 3.05) is 6.61 Å². The van der Waals surface area contributed by atoms with E-state index in [9.17, 15) is 0 Å². The fourth-order valence-corrected chi connectivity index (χ4v) is 6.22. The number of rotatable bonds is 1. The number of hydrogen-bond donors (Lipinski definition) is 0. The van der Waals surface area contributed by atoms with Crippen molar-refractivity contribution >= 4 is 20.9 Å². The summed E-state index contributed by atoms with van der Waals surface area (Å²) in [7, 11) is 0. The Morgan fingerprint density at radius 3 is 2.58 bits per heavy atom. The van der Waals surface area contributed by atoms with Gasteiger partial charge in [0.25, 0.3) is 0 Å². The third-order valence-electron chi connectivity index (χ3n) is 2.84. The molecule has 12 heavy (non-hydrogen) atoms. The van der Waals surface area contributed by atoms with Gasteiger partial charge in [-0.3, -0.25) is 0 Å². The summed E-state index contributed by atoms with van der Waals surface area (Å²) in [6.45, 7) is 1.05. The van der Waals surface area contributed by atoms with E-state index in [1.165, 1.54) is 38.5 Å². The molecule has 0 radical (unpaired) electrons. The second kappa shape index (κ2) is 4.84. The van der Waals surface area contributed by atoms with E-state index < -0.39 is 0 Å². The van der Waals surface area contributed by atoms with Crippen molar-refractivity contribution in [2.45, 2.75) is 53.1 Å². The van der Waals surface area contributed by atoms with Gasteiger partial charge in [-0.05, 0) is 0 Å². The van der Waals surface area contributed by atoms with Crippen molar-refractivity contribution in [3.8, 4) is 0 Å². The van der Waals surface area contributed by atoms with Crippen molar-refractivity contribution in [2.24, 2.45) is 0 Å². The Kier molecular flexibility index (Phi) is 3.75. The second-order valence-corrected chi connectivity index (χ2v) is 7.65. The molecular formula is C10H18OTe. The molecule has 2 unspecified atom stereocenters. The zero-order valence-electron chi connectivity index (χ0n) is 7.63. The van der Waals surface area contributed by atoms with E-state index in [-0.39, 0.29) is 0 Å². The summed E-state index contributed by atoms with van der Waals surface area (Å²) in [6, 6.07) is 0. The first-order chi connectivity index (χ1) is 5.97. The van der Waals surface area contributed by atoms with Crippen molar-refractivity contribution in [1.29, 1.82) is 0 Å². The SMILES string of the molecule is C1CCC(C2CCCC[Te]2)OC1. The maximum absolute atomic E-state index is 5.85.